The zero-order valence-electron chi connectivity index (χ0n) is 15.9. The molecule has 1 aliphatic heterocycles. The molecular weight excluding hydrogens is 392 g/mol. The molecule has 1 aromatic heterocycles. The molecule has 2 heterocycles. The van der Waals surface area contributed by atoms with Crippen LogP contribution in [0.4, 0.5) is 11.4 Å². The monoisotopic (exact) mass is 413 g/mol. The van der Waals surface area contributed by atoms with Crippen molar-refractivity contribution in [2.45, 2.75) is 18.9 Å². The van der Waals surface area contributed by atoms with Crippen molar-refractivity contribution in [3.05, 3.63) is 57.6 Å². The van der Waals surface area contributed by atoms with Crippen LogP contribution in [-0.4, -0.2) is 36.0 Å². The maximum absolute atomic E-state index is 12.6. The standard InChI is InChI=1S/C20H20N4O4S/c1-28-13-8-9-14(17(11-13)24(26)27)21-19(25)12-23-10-4-6-16(23)20-22-15-5-2-3-7-18(15)29-20/h2-3,5,7-9,11,16H,4,6,10,12H2,1H3,(H,21,25)/p+1/t16-/m0/s1. The maximum Gasteiger partial charge on any atom is 0.296 e. The van der Waals surface area contributed by atoms with Crippen LogP contribution < -0.4 is 15.0 Å². The summed E-state index contributed by atoms with van der Waals surface area (Å²) in [7, 11) is 1.44. The minimum atomic E-state index is -0.523. The molecule has 2 atom stereocenters. The van der Waals surface area contributed by atoms with Gasteiger partial charge in [0.1, 0.15) is 17.5 Å². The van der Waals surface area contributed by atoms with Crippen molar-refractivity contribution in [3.8, 4) is 5.75 Å². The number of rotatable bonds is 6. The molecule has 1 saturated heterocycles. The van der Waals surface area contributed by atoms with Crippen molar-refractivity contribution in [2.75, 3.05) is 25.5 Å². The first-order chi connectivity index (χ1) is 14.0. The Balaban J connectivity index is 1.48. The minimum Gasteiger partial charge on any atom is -0.496 e. The summed E-state index contributed by atoms with van der Waals surface area (Å²) in [6.07, 6.45) is 2.00. The predicted molar refractivity (Wildman–Crippen MR) is 111 cm³/mol. The van der Waals surface area contributed by atoms with Crippen LogP contribution in [0.25, 0.3) is 10.2 Å². The summed E-state index contributed by atoms with van der Waals surface area (Å²) in [5.41, 5.74) is 0.977. The van der Waals surface area contributed by atoms with Crippen LogP contribution in [0.5, 0.6) is 5.75 Å². The third-order valence-corrected chi connectivity index (χ3v) is 6.31. The molecule has 0 aliphatic carbocycles. The van der Waals surface area contributed by atoms with Gasteiger partial charge in [-0.1, -0.05) is 12.1 Å². The van der Waals surface area contributed by atoms with E-state index in [9.17, 15) is 14.9 Å². The Kier molecular flexibility index (Phi) is 5.41. The van der Waals surface area contributed by atoms with Crippen LogP contribution in [0.3, 0.4) is 0 Å². The second-order valence-electron chi connectivity index (χ2n) is 6.99. The van der Waals surface area contributed by atoms with Gasteiger partial charge in [0.15, 0.2) is 11.6 Å². The van der Waals surface area contributed by atoms with E-state index in [1.54, 1.807) is 17.4 Å². The summed E-state index contributed by atoms with van der Waals surface area (Å²) >= 11 is 1.67. The number of likely N-dealkylation sites (tertiary alicyclic amines) is 1. The van der Waals surface area contributed by atoms with E-state index < -0.39 is 4.92 Å². The van der Waals surface area contributed by atoms with Gasteiger partial charge < -0.3 is 15.0 Å². The molecule has 1 fully saturated rings. The lowest BCUT2D eigenvalue weighted by Crippen LogP contribution is -3.11. The van der Waals surface area contributed by atoms with E-state index in [0.717, 1.165) is 39.5 Å². The third kappa shape index (κ3) is 4.06. The normalized spacial score (nSPS) is 18.7. The molecule has 4 rings (SSSR count). The van der Waals surface area contributed by atoms with Gasteiger partial charge >= 0.3 is 0 Å². The number of hydrogen-bond acceptors (Lipinski definition) is 6. The van der Waals surface area contributed by atoms with Crippen molar-refractivity contribution in [1.29, 1.82) is 0 Å². The lowest BCUT2D eigenvalue weighted by atomic mass is 10.2. The molecule has 0 spiro atoms. The molecular formula is C20H21N4O4S+. The summed E-state index contributed by atoms with van der Waals surface area (Å²) in [6, 6.07) is 12.6. The van der Waals surface area contributed by atoms with Crippen molar-refractivity contribution >= 4 is 38.8 Å². The lowest BCUT2D eigenvalue weighted by Gasteiger charge is -2.19. The average molecular weight is 413 g/mol. The van der Waals surface area contributed by atoms with E-state index in [0.29, 0.717) is 5.75 Å². The number of benzene rings is 2. The van der Waals surface area contributed by atoms with Gasteiger partial charge in [0.2, 0.25) is 0 Å². The second-order valence-corrected chi connectivity index (χ2v) is 8.05. The van der Waals surface area contributed by atoms with E-state index in [1.165, 1.54) is 19.2 Å². The molecule has 2 aromatic carbocycles. The third-order valence-electron chi connectivity index (χ3n) is 5.16. The first-order valence-corrected chi connectivity index (χ1v) is 10.2. The Labute approximate surface area is 171 Å². The number of nitrogens with one attached hydrogen (secondary N) is 2. The Morgan fingerprint density at radius 2 is 2.21 bits per heavy atom. The van der Waals surface area contributed by atoms with Crippen molar-refractivity contribution in [3.63, 3.8) is 0 Å². The number of anilines is 1. The van der Waals surface area contributed by atoms with E-state index in [1.807, 2.05) is 18.2 Å². The van der Waals surface area contributed by atoms with Crippen LogP contribution in [0, 0.1) is 10.1 Å². The summed E-state index contributed by atoms with van der Waals surface area (Å²) in [6.45, 7) is 1.11. The molecule has 150 valence electrons. The average Bonchev–Trinajstić information content (AvgIpc) is 3.34. The molecule has 0 radical (unpaired) electrons. The van der Waals surface area contributed by atoms with Gasteiger partial charge in [-0.05, 0) is 24.3 Å². The first kappa shape index (κ1) is 19.3. The quantitative estimate of drug-likeness (QED) is 0.478. The van der Waals surface area contributed by atoms with Gasteiger partial charge in [0.25, 0.3) is 11.6 Å². The van der Waals surface area contributed by atoms with Gasteiger partial charge in [-0.2, -0.15) is 0 Å². The number of nitro groups is 1. The fourth-order valence-electron chi connectivity index (χ4n) is 3.76. The number of quaternary nitrogens is 1. The van der Waals surface area contributed by atoms with Crippen molar-refractivity contribution < 1.29 is 19.4 Å². The Morgan fingerprint density at radius 3 is 2.97 bits per heavy atom. The molecule has 8 nitrogen and oxygen atoms in total. The highest BCUT2D eigenvalue weighted by molar-refractivity contribution is 7.18. The molecule has 1 amide bonds. The summed E-state index contributed by atoms with van der Waals surface area (Å²) in [4.78, 5) is 29.3. The first-order valence-electron chi connectivity index (χ1n) is 9.37. The molecule has 9 heteroatoms. The van der Waals surface area contributed by atoms with Crippen LogP contribution >= 0.6 is 11.3 Å². The largest absolute Gasteiger partial charge is 0.496 e. The second kappa shape index (κ2) is 8.14. The van der Waals surface area contributed by atoms with Crippen molar-refractivity contribution in [2.24, 2.45) is 0 Å². The molecule has 0 saturated carbocycles. The number of ether oxygens (including phenoxy) is 1. The summed E-state index contributed by atoms with van der Waals surface area (Å²) in [5.74, 6) is 0.122. The van der Waals surface area contributed by atoms with Crippen LogP contribution in [0.15, 0.2) is 42.5 Å². The number of methoxy groups -OCH3 is 1. The van der Waals surface area contributed by atoms with Crippen LogP contribution in [0.2, 0.25) is 0 Å². The van der Waals surface area contributed by atoms with Gasteiger partial charge in [0.05, 0.1) is 34.9 Å². The number of carbonyl (C=O) groups excluding carboxylic acids is 1. The molecule has 1 unspecified atom stereocenters. The van der Waals surface area contributed by atoms with Gasteiger partial charge in [0, 0.05) is 12.8 Å². The number of hydrogen-bond donors (Lipinski definition) is 2. The molecule has 1 aliphatic rings. The smallest absolute Gasteiger partial charge is 0.296 e. The number of amides is 1. The number of para-hydroxylation sites is 1. The topological polar surface area (TPSA) is 98.8 Å². The lowest BCUT2D eigenvalue weighted by molar-refractivity contribution is -0.910. The Hall–Kier alpha value is -3.04. The Bertz CT molecular complexity index is 1030. The summed E-state index contributed by atoms with van der Waals surface area (Å²) < 4.78 is 6.18. The highest BCUT2D eigenvalue weighted by Crippen LogP contribution is 2.30. The summed E-state index contributed by atoms with van der Waals surface area (Å²) in [5, 5.41) is 15.1. The minimum absolute atomic E-state index is 0.170. The van der Waals surface area contributed by atoms with Crippen LogP contribution in [0.1, 0.15) is 23.9 Å². The van der Waals surface area contributed by atoms with Crippen LogP contribution in [-0.2, 0) is 4.79 Å². The zero-order valence-corrected chi connectivity index (χ0v) is 16.7. The SMILES string of the molecule is COc1ccc(NC(=O)C[NH+]2CCC[C@H]2c2nc3ccccc3s2)c([N+](=O)[O-])c1. The number of nitrogens with zero attached hydrogens (tertiary/aromatic N) is 2. The van der Waals surface area contributed by atoms with E-state index >= 15 is 0 Å². The molecule has 29 heavy (non-hydrogen) atoms. The highest BCUT2D eigenvalue weighted by atomic mass is 32.1. The molecule has 2 N–H and O–H groups in total. The number of carbonyl (C=O) groups is 1. The fourth-order valence-corrected chi connectivity index (χ4v) is 4.92. The number of thiazole rings is 1. The predicted octanol–water partition coefficient (Wildman–Crippen LogP) is 2.57. The number of aromatic nitrogens is 1. The zero-order chi connectivity index (χ0) is 20.4. The maximum atomic E-state index is 12.6. The number of nitro benzene ring substituents is 1. The van der Waals surface area contributed by atoms with E-state index in [2.05, 4.69) is 11.4 Å². The van der Waals surface area contributed by atoms with Gasteiger partial charge in [-0.3, -0.25) is 14.9 Å². The van der Waals surface area contributed by atoms with E-state index in [-0.39, 0.29) is 29.9 Å². The Morgan fingerprint density at radius 1 is 1.38 bits per heavy atom. The highest BCUT2D eigenvalue weighted by Gasteiger charge is 2.34. The van der Waals surface area contributed by atoms with Gasteiger partial charge in [-0.15, -0.1) is 11.3 Å². The molecule has 0 bridgehead atoms. The fraction of sp³-hybridized carbons (Fsp3) is 0.300. The van der Waals surface area contributed by atoms with Crippen molar-refractivity contribution in [1.82, 2.24) is 4.98 Å². The van der Waals surface area contributed by atoms with E-state index in [4.69, 9.17) is 9.72 Å². The number of fused-ring (bicyclic) bond motifs is 1. The van der Waals surface area contributed by atoms with Gasteiger partial charge in [-0.25, -0.2) is 4.98 Å². The molecule has 3 aromatic rings.